The monoisotopic (exact) mass is 355 g/mol. The fraction of sp³-hybridized carbons (Fsp3) is 0.400. The van der Waals surface area contributed by atoms with E-state index in [0.717, 1.165) is 22.4 Å². The topological polar surface area (TPSA) is 29.9 Å². The zero-order chi connectivity index (χ0) is 14.9. The Kier molecular flexibility index (Phi) is 4.76. The van der Waals surface area contributed by atoms with Crippen molar-refractivity contribution < 1.29 is 0 Å². The Balaban J connectivity index is 2.25. The van der Waals surface area contributed by atoms with Crippen molar-refractivity contribution in [1.82, 2.24) is 9.78 Å². The lowest BCUT2D eigenvalue weighted by Crippen LogP contribution is -2.09. The molecule has 2 rings (SSSR count). The Labute approximate surface area is 133 Å². The lowest BCUT2D eigenvalue weighted by Gasteiger charge is -2.17. The number of nitrogens with zero attached hydrogens (tertiary/aromatic N) is 2. The summed E-state index contributed by atoms with van der Waals surface area (Å²) in [4.78, 5) is 0. The lowest BCUT2D eigenvalue weighted by molar-refractivity contribution is 0.632. The van der Waals surface area contributed by atoms with Gasteiger partial charge in [-0.15, -0.1) is 0 Å². The summed E-state index contributed by atoms with van der Waals surface area (Å²) in [5.74, 6) is 0. The van der Waals surface area contributed by atoms with Crippen molar-refractivity contribution in [3.63, 3.8) is 0 Å². The average molecular weight is 357 g/mol. The fourth-order valence-corrected chi connectivity index (χ4v) is 2.98. The largest absolute Gasteiger partial charge is 0.378 e. The van der Waals surface area contributed by atoms with E-state index in [1.54, 1.807) is 0 Å². The SMILES string of the molecule is CCn1nc(C)c(C(C)Nc2ccc(Br)c(Cl)c2)c1C. The molecule has 0 bridgehead atoms. The van der Waals surface area contributed by atoms with Crippen LogP contribution in [0.25, 0.3) is 0 Å². The molecule has 0 saturated heterocycles. The molecule has 20 heavy (non-hydrogen) atoms. The molecule has 1 atom stereocenters. The molecule has 0 aliphatic carbocycles. The first-order valence-electron chi connectivity index (χ1n) is 6.69. The summed E-state index contributed by atoms with van der Waals surface area (Å²) in [6.45, 7) is 9.32. The zero-order valence-electron chi connectivity index (χ0n) is 12.2. The van der Waals surface area contributed by atoms with Crippen molar-refractivity contribution >= 4 is 33.2 Å². The summed E-state index contributed by atoms with van der Waals surface area (Å²) in [7, 11) is 0. The number of nitrogens with one attached hydrogen (secondary N) is 1. The predicted octanol–water partition coefficient (Wildman–Crippen LogP) is 5.11. The molecule has 0 aliphatic heterocycles. The van der Waals surface area contributed by atoms with Crippen LogP contribution in [0.4, 0.5) is 5.69 Å². The number of benzene rings is 1. The number of anilines is 1. The van der Waals surface area contributed by atoms with E-state index in [2.05, 4.69) is 54.0 Å². The third-order valence-electron chi connectivity index (χ3n) is 3.47. The van der Waals surface area contributed by atoms with E-state index in [1.807, 2.05) is 22.9 Å². The summed E-state index contributed by atoms with van der Waals surface area (Å²) in [5.41, 5.74) is 4.56. The maximum absolute atomic E-state index is 6.13. The van der Waals surface area contributed by atoms with Crippen LogP contribution >= 0.6 is 27.5 Å². The summed E-state index contributed by atoms with van der Waals surface area (Å²) >= 11 is 9.53. The van der Waals surface area contributed by atoms with E-state index in [9.17, 15) is 0 Å². The lowest BCUT2D eigenvalue weighted by atomic mass is 10.1. The van der Waals surface area contributed by atoms with Crippen molar-refractivity contribution in [2.45, 2.75) is 40.3 Å². The van der Waals surface area contributed by atoms with Gasteiger partial charge in [0.25, 0.3) is 0 Å². The maximum Gasteiger partial charge on any atom is 0.0649 e. The second kappa shape index (κ2) is 6.19. The van der Waals surface area contributed by atoms with Crippen LogP contribution in [0.3, 0.4) is 0 Å². The minimum atomic E-state index is 0.188. The molecular weight excluding hydrogens is 338 g/mol. The van der Waals surface area contributed by atoms with E-state index in [0.29, 0.717) is 5.02 Å². The highest BCUT2D eigenvalue weighted by Gasteiger charge is 2.17. The molecule has 1 aromatic carbocycles. The number of hydrogen-bond acceptors (Lipinski definition) is 2. The van der Waals surface area contributed by atoms with Crippen LogP contribution in [-0.2, 0) is 6.54 Å². The van der Waals surface area contributed by atoms with Gasteiger partial charge in [-0.25, -0.2) is 0 Å². The van der Waals surface area contributed by atoms with Crippen LogP contribution in [0.2, 0.25) is 5.02 Å². The Hall–Kier alpha value is -1.000. The molecule has 1 N–H and O–H groups in total. The quantitative estimate of drug-likeness (QED) is 0.825. The van der Waals surface area contributed by atoms with Crippen molar-refractivity contribution in [3.8, 4) is 0 Å². The molecule has 0 saturated carbocycles. The Morgan fingerprint density at radius 2 is 2.10 bits per heavy atom. The van der Waals surface area contributed by atoms with Gasteiger partial charge >= 0.3 is 0 Å². The first-order chi connectivity index (χ1) is 9.43. The average Bonchev–Trinajstić information content (AvgIpc) is 2.68. The van der Waals surface area contributed by atoms with Gasteiger partial charge in [-0.3, -0.25) is 4.68 Å². The zero-order valence-corrected chi connectivity index (χ0v) is 14.5. The molecule has 0 fully saturated rings. The van der Waals surface area contributed by atoms with Crippen LogP contribution < -0.4 is 5.32 Å². The molecule has 1 unspecified atom stereocenters. The molecule has 108 valence electrons. The first kappa shape index (κ1) is 15.4. The molecule has 0 spiro atoms. The minimum Gasteiger partial charge on any atom is -0.378 e. The van der Waals surface area contributed by atoms with Gasteiger partial charge in [0.05, 0.1) is 16.8 Å². The third kappa shape index (κ3) is 3.01. The van der Waals surface area contributed by atoms with Gasteiger partial charge < -0.3 is 5.32 Å². The van der Waals surface area contributed by atoms with Gasteiger partial charge in [-0.1, -0.05) is 11.6 Å². The standard InChI is InChI=1S/C15H19BrClN3/c1-5-20-11(4)15(10(3)19-20)9(2)18-12-6-7-13(16)14(17)8-12/h6-9,18H,5H2,1-4H3. The highest BCUT2D eigenvalue weighted by molar-refractivity contribution is 9.10. The van der Waals surface area contributed by atoms with Gasteiger partial charge in [0.2, 0.25) is 0 Å². The van der Waals surface area contributed by atoms with Crippen LogP contribution in [0, 0.1) is 13.8 Å². The fourth-order valence-electron chi connectivity index (χ4n) is 2.55. The van der Waals surface area contributed by atoms with Crippen molar-refractivity contribution in [1.29, 1.82) is 0 Å². The van der Waals surface area contributed by atoms with E-state index in [4.69, 9.17) is 11.6 Å². The van der Waals surface area contributed by atoms with Gasteiger partial charge in [0, 0.05) is 28.0 Å². The summed E-state index contributed by atoms with van der Waals surface area (Å²) in [5, 5.41) is 8.76. The Morgan fingerprint density at radius 3 is 2.65 bits per heavy atom. The number of aryl methyl sites for hydroxylation is 2. The molecule has 0 radical (unpaired) electrons. The molecule has 0 amide bonds. The summed E-state index contributed by atoms with van der Waals surface area (Å²) < 4.78 is 2.95. The molecule has 5 heteroatoms. The van der Waals surface area contributed by atoms with Gasteiger partial charge in [0.15, 0.2) is 0 Å². The van der Waals surface area contributed by atoms with Crippen LogP contribution in [-0.4, -0.2) is 9.78 Å². The highest BCUT2D eigenvalue weighted by Crippen LogP contribution is 2.29. The van der Waals surface area contributed by atoms with E-state index < -0.39 is 0 Å². The summed E-state index contributed by atoms with van der Waals surface area (Å²) in [6.07, 6.45) is 0. The van der Waals surface area contributed by atoms with Gasteiger partial charge in [-0.2, -0.15) is 5.10 Å². The normalized spacial score (nSPS) is 12.5. The molecular formula is C15H19BrClN3. The van der Waals surface area contributed by atoms with Crippen molar-refractivity contribution in [2.24, 2.45) is 0 Å². The first-order valence-corrected chi connectivity index (χ1v) is 7.86. The summed E-state index contributed by atoms with van der Waals surface area (Å²) in [6, 6.07) is 6.08. The maximum atomic E-state index is 6.13. The van der Waals surface area contributed by atoms with E-state index >= 15 is 0 Å². The molecule has 1 aromatic heterocycles. The molecule has 3 nitrogen and oxygen atoms in total. The van der Waals surface area contributed by atoms with Crippen LogP contribution in [0.15, 0.2) is 22.7 Å². The molecule has 1 heterocycles. The molecule has 0 aliphatic rings. The van der Waals surface area contributed by atoms with E-state index in [1.165, 1.54) is 11.3 Å². The number of aromatic nitrogens is 2. The Morgan fingerprint density at radius 1 is 1.40 bits per heavy atom. The highest BCUT2D eigenvalue weighted by atomic mass is 79.9. The second-order valence-electron chi connectivity index (χ2n) is 4.90. The van der Waals surface area contributed by atoms with Crippen LogP contribution in [0.5, 0.6) is 0 Å². The number of hydrogen-bond donors (Lipinski definition) is 1. The third-order valence-corrected chi connectivity index (χ3v) is 4.71. The minimum absolute atomic E-state index is 0.188. The number of rotatable bonds is 4. The Bertz CT molecular complexity index is 622. The van der Waals surface area contributed by atoms with Gasteiger partial charge in [0.1, 0.15) is 0 Å². The molecule has 2 aromatic rings. The van der Waals surface area contributed by atoms with Crippen LogP contribution in [0.1, 0.15) is 36.8 Å². The van der Waals surface area contributed by atoms with E-state index in [-0.39, 0.29) is 6.04 Å². The van der Waals surface area contributed by atoms with Gasteiger partial charge in [-0.05, 0) is 61.8 Å². The smallest absolute Gasteiger partial charge is 0.0649 e. The number of halogens is 2. The second-order valence-corrected chi connectivity index (χ2v) is 6.16. The van der Waals surface area contributed by atoms with Crippen molar-refractivity contribution in [2.75, 3.05) is 5.32 Å². The predicted molar refractivity (Wildman–Crippen MR) is 88.6 cm³/mol. The van der Waals surface area contributed by atoms with Crippen molar-refractivity contribution in [3.05, 3.63) is 44.6 Å².